The van der Waals surface area contributed by atoms with Crippen molar-refractivity contribution in [2.45, 2.75) is 54.9 Å². The van der Waals surface area contributed by atoms with Crippen LogP contribution >= 0.6 is 15.1 Å². The Balaban J connectivity index is 0.000000271. The fourth-order valence-electron chi connectivity index (χ4n) is 7.46. The first kappa shape index (κ1) is 45.7. The third-order valence-electron chi connectivity index (χ3n) is 9.59. The lowest BCUT2D eigenvalue weighted by Gasteiger charge is -2.27. The minimum atomic E-state index is -4.25. The fraction of sp³-hybridized carbons (Fsp3) is 0.312. The molecular weight excluding hydrogens is 766 g/mol. The number of hydrogen-bond acceptors (Lipinski definition) is 8. The van der Waals surface area contributed by atoms with E-state index < -0.39 is 26.1 Å². The van der Waals surface area contributed by atoms with Crippen LogP contribution in [0.5, 0.6) is 23.0 Å². The molecule has 5 aromatic carbocycles. The lowest BCUT2D eigenvalue weighted by Crippen LogP contribution is -2.21. The monoisotopic (exact) mass is 822 g/mol. The minimum absolute atomic E-state index is 0.0130. The summed E-state index contributed by atoms with van der Waals surface area (Å²) in [5, 5.41) is 2.20. The van der Waals surface area contributed by atoms with Gasteiger partial charge in [-0.2, -0.15) is 0 Å². The van der Waals surface area contributed by atoms with E-state index in [1.54, 1.807) is 36.4 Å². The van der Waals surface area contributed by atoms with Crippen LogP contribution in [0.1, 0.15) is 81.9 Å². The number of rotatable bonds is 15. The van der Waals surface area contributed by atoms with Crippen molar-refractivity contribution in [3.63, 3.8) is 0 Å². The Morgan fingerprint density at radius 1 is 0.586 bits per heavy atom. The molecule has 0 radical (unpaired) electrons. The van der Waals surface area contributed by atoms with Crippen LogP contribution in [0.25, 0.3) is 0 Å². The maximum absolute atomic E-state index is 14.7. The summed E-state index contributed by atoms with van der Waals surface area (Å²) in [6.07, 6.45) is 0.564. The van der Waals surface area contributed by atoms with E-state index in [-0.39, 0.29) is 57.1 Å². The number of benzene rings is 5. The third-order valence-corrected chi connectivity index (χ3v) is 14.7. The second kappa shape index (κ2) is 20.1. The summed E-state index contributed by atoms with van der Waals surface area (Å²) in [6, 6.07) is 34.1. The van der Waals surface area contributed by atoms with Gasteiger partial charge in [0.1, 0.15) is 34.1 Å². The van der Waals surface area contributed by atoms with Crippen LogP contribution in [0.3, 0.4) is 0 Å². The second-order valence-electron chi connectivity index (χ2n) is 15.6. The molecule has 0 saturated carbocycles. The van der Waals surface area contributed by atoms with Crippen LogP contribution in [-0.2, 0) is 4.57 Å². The van der Waals surface area contributed by atoms with E-state index in [1.165, 1.54) is 34.0 Å². The third kappa shape index (κ3) is 10.7. The Labute approximate surface area is 345 Å². The van der Waals surface area contributed by atoms with E-state index in [1.807, 2.05) is 57.2 Å². The highest BCUT2D eigenvalue weighted by Gasteiger charge is 2.46. The Hall–Kier alpha value is -5.03. The first-order chi connectivity index (χ1) is 27.5. The smallest absolute Gasteiger partial charge is 0.236 e. The summed E-state index contributed by atoms with van der Waals surface area (Å²) in [4.78, 5) is 41.6. The molecule has 1 unspecified atom stereocenters. The lowest BCUT2D eigenvalue weighted by atomic mass is 9.86. The number of carbonyl (C=O) groups excluding carboxylic acids is 3. The molecule has 0 N–H and O–H groups in total. The molecule has 0 saturated heterocycles. The molecule has 10 heteroatoms. The van der Waals surface area contributed by atoms with Gasteiger partial charge in [-0.25, -0.2) is 0 Å². The van der Waals surface area contributed by atoms with Crippen molar-refractivity contribution in [1.29, 1.82) is 0 Å². The molecule has 0 bridgehead atoms. The van der Waals surface area contributed by atoms with Crippen molar-refractivity contribution in [3.8, 4) is 23.0 Å². The van der Waals surface area contributed by atoms with E-state index in [2.05, 4.69) is 64.1 Å². The van der Waals surface area contributed by atoms with Crippen LogP contribution in [0.2, 0.25) is 0 Å². The Bertz CT molecular complexity index is 2080. The number of hydrogen-bond donors (Lipinski definition) is 0. The van der Waals surface area contributed by atoms with E-state index in [0.29, 0.717) is 6.42 Å². The van der Waals surface area contributed by atoms with Crippen molar-refractivity contribution < 1.29 is 37.9 Å². The minimum Gasteiger partial charge on any atom is -0.496 e. The average molecular weight is 823 g/mol. The molecule has 58 heavy (non-hydrogen) atoms. The summed E-state index contributed by atoms with van der Waals surface area (Å²) in [6.45, 7) is 14.2. The van der Waals surface area contributed by atoms with Crippen molar-refractivity contribution in [3.05, 3.63) is 143 Å². The van der Waals surface area contributed by atoms with Gasteiger partial charge in [0.2, 0.25) is 18.2 Å². The summed E-state index contributed by atoms with van der Waals surface area (Å²) in [5.41, 5.74) is 2.72. The highest BCUT2D eigenvalue weighted by molar-refractivity contribution is 7.95. The number of methoxy groups -OCH3 is 4. The van der Waals surface area contributed by atoms with Crippen LogP contribution in [0, 0.1) is 32.1 Å². The predicted octanol–water partition coefficient (Wildman–Crippen LogP) is 11.0. The molecule has 0 fully saturated rings. The zero-order valence-electron chi connectivity index (χ0n) is 35.5. The average Bonchev–Trinajstić information content (AvgIpc) is 3.19. The first-order valence-corrected chi connectivity index (χ1v) is 22.4. The zero-order valence-corrected chi connectivity index (χ0v) is 37.3. The van der Waals surface area contributed by atoms with E-state index in [9.17, 15) is 18.9 Å². The summed E-state index contributed by atoms with van der Waals surface area (Å²) in [7, 11) is 0.311. The molecule has 306 valence electrons. The quantitative estimate of drug-likeness (QED) is 0.0961. The summed E-state index contributed by atoms with van der Waals surface area (Å²) in [5.74, 6) is 0.571. The van der Waals surface area contributed by atoms with Gasteiger partial charge in [-0.3, -0.25) is 14.4 Å². The summed E-state index contributed by atoms with van der Waals surface area (Å²) < 4.78 is 36.2. The van der Waals surface area contributed by atoms with Crippen LogP contribution in [0.4, 0.5) is 0 Å². The highest BCUT2D eigenvalue weighted by Crippen LogP contribution is 2.58. The topological polar surface area (TPSA) is 105 Å². The molecular formula is C48H56O8P2. The molecule has 0 aliphatic carbocycles. The summed E-state index contributed by atoms with van der Waals surface area (Å²) >= 11 is 0. The van der Waals surface area contributed by atoms with Crippen LogP contribution in [-0.4, -0.2) is 51.2 Å². The normalized spacial score (nSPS) is 11.9. The molecule has 5 aromatic rings. The fourth-order valence-corrected chi connectivity index (χ4v) is 12.4. The molecule has 8 nitrogen and oxygen atoms in total. The van der Waals surface area contributed by atoms with E-state index in [0.717, 1.165) is 27.3 Å². The molecule has 0 aliphatic heterocycles. The lowest BCUT2D eigenvalue weighted by molar-refractivity contribution is 0.102. The van der Waals surface area contributed by atoms with Gasteiger partial charge in [0, 0.05) is 19.6 Å². The van der Waals surface area contributed by atoms with Crippen LogP contribution < -0.4 is 29.6 Å². The van der Waals surface area contributed by atoms with Gasteiger partial charge in [0.25, 0.3) is 0 Å². The predicted molar refractivity (Wildman–Crippen MR) is 238 cm³/mol. The van der Waals surface area contributed by atoms with Crippen molar-refractivity contribution >= 4 is 42.2 Å². The number of ether oxygens (including phenoxy) is 4. The SMILES string of the molecule is COc1cccc(OC)c1C(=O)P(=O)(CC(C)CC(C)(C)C)C(=O)c1c(OC)cccc1OC.Cc1cc(C)c(C(=O)P(c2ccccc2)c2ccccc2)c(C)c1. The Morgan fingerprint density at radius 3 is 1.28 bits per heavy atom. The second-order valence-corrected chi connectivity index (χ2v) is 20.3. The molecule has 0 aromatic heterocycles. The van der Waals surface area contributed by atoms with Gasteiger partial charge < -0.3 is 23.5 Å². The maximum Gasteiger partial charge on any atom is 0.236 e. The van der Waals surface area contributed by atoms with Gasteiger partial charge in [0.15, 0.2) is 5.52 Å². The highest BCUT2D eigenvalue weighted by atomic mass is 31.2. The molecule has 0 aliphatic rings. The van der Waals surface area contributed by atoms with E-state index in [4.69, 9.17) is 18.9 Å². The first-order valence-electron chi connectivity index (χ1n) is 19.1. The Kier molecular flexibility index (Phi) is 15.8. The maximum atomic E-state index is 14.7. The van der Waals surface area contributed by atoms with Gasteiger partial charge in [0.05, 0.1) is 28.4 Å². The molecule has 1 atom stereocenters. The van der Waals surface area contributed by atoms with Gasteiger partial charge in [-0.1, -0.05) is 118 Å². The molecule has 0 heterocycles. The van der Waals surface area contributed by atoms with Crippen molar-refractivity contribution in [1.82, 2.24) is 0 Å². The standard InChI is InChI=1S/C26H35O7P.C22H21OP/c1-17(15-26(2,3)4)16-34(29,24(27)22-18(30-5)11-9-12-19(22)31-6)25(28)23-20(32-7)13-10-14-21(23)33-8;1-16-14-17(2)21(18(3)15-16)22(23)24(19-10-6-4-7-11-19)20-12-8-5-9-13-20/h9-14,17H,15-16H2,1-8H3;4-15H,1-3H3. The number of carbonyl (C=O) groups is 3. The van der Waals surface area contributed by atoms with Crippen molar-refractivity contribution in [2.75, 3.05) is 34.6 Å². The van der Waals surface area contributed by atoms with Gasteiger partial charge >= 0.3 is 0 Å². The Morgan fingerprint density at radius 2 is 0.948 bits per heavy atom. The van der Waals surface area contributed by atoms with Gasteiger partial charge in [-0.05, 0) is 84.5 Å². The molecule has 0 spiro atoms. The molecule has 0 amide bonds. The zero-order chi connectivity index (χ0) is 42.8. The molecule has 5 rings (SSSR count). The van der Waals surface area contributed by atoms with Crippen LogP contribution in [0.15, 0.2) is 109 Å². The van der Waals surface area contributed by atoms with Gasteiger partial charge in [-0.15, -0.1) is 0 Å². The van der Waals surface area contributed by atoms with E-state index >= 15 is 0 Å². The number of aryl methyl sites for hydroxylation is 3. The largest absolute Gasteiger partial charge is 0.496 e. The van der Waals surface area contributed by atoms with Crippen molar-refractivity contribution in [2.24, 2.45) is 11.3 Å².